The molecule has 3 nitrogen and oxygen atoms in total. The van der Waals surface area contributed by atoms with Crippen LogP contribution in [-0.4, -0.2) is 30.0 Å². The molecule has 80 valence electrons. The van der Waals surface area contributed by atoms with Crippen LogP contribution < -0.4 is 4.74 Å². The van der Waals surface area contributed by atoms with Gasteiger partial charge in [0.15, 0.2) is 6.73 Å². The van der Waals surface area contributed by atoms with E-state index in [1.165, 1.54) is 0 Å². The largest absolute Gasteiger partial charge is 0.472 e. The fraction of sp³-hybridized carbons (Fsp3) is 0.300. The minimum Gasteiger partial charge on any atom is -0.472 e. The van der Waals surface area contributed by atoms with Crippen LogP contribution in [-0.2, 0) is 0 Å². The zero-order valence-electron chi connectivity index (χ0n) is 7.87. The van der Waals surface area contributed by atoms with Gasteiger partial charge in [-0.2, -0.15) is 0 Å². The van der Waals surface area contributed by atoms with Crippen LogP contribution in [0, 0.1) is 0 Å². The SMILES string of the molecule is O=C1c2ccc(Cl)cc2OCN1CCCl. The molecular weight excluding hydrogens is 237 g/mol. The number of nitrogens with zero attached hydrogens (tertiary/aromatic N) is 1. The van der Waals surface area contributed by atoms with Crippen molar-refractivity contribution < 1.29 is 9.53 Å². The number of fused-ring (bicyclic) bond motifs is 1. The molecule has 0 radical (unpaired) electrons. The van der Waals surface area contributed by atoms with Gasteiger partial charge in [-0.1, -0.05) is 11.6 Å². The number of ether oxygens (including phenoxy) is 1. The summed E-state index contributed by atoms with van der Waals surface area (Å²) in [6.45, 7) is 0.724. The zero-order valence-corrected chi connectivity index (χ0v) is 9.38. The van der Waals surface area contributed by atoms with Crippen molar-refractivity contribution in [2.75, 3.05) is 19.2 Å². The Hall–Kier alpha value is -0.930. The summed E-state index contributed by atoms with van der Waals surface area (Å²) in [6, 6.07) is 4.99. The summed E-state index contributed by atoms with van der Waals surface area (Å²) in [6.07, 6.45) is 0. The van der Waals surface area contributed by atoms with Gasteiger partial charge in [-0.25, -0.2) is 0 Å². The van der Waals surface area contributed by atoms with Crippen molar-refractivity contribution in [3.8, 4) is 5.75 Å². The molecule has 5 heteroatoms. The lowest BCUT2D eigenvalue weighted by Gasteiger charge is -2.28. The number of carbonyl (C=O) groups is 1. The first-order chi connectivity index (χ1) is 7.22. The second-order valence-corrected chi connectivity index (χ2v) is 3.99. The van der Waals surface area contributed by atoms with E-state index in [1.54, 1.807) is 23.1 Å². The van der Waals surface area contributed by atoms with Crippen LogP contribution in [0.4, 0.5) is 0 Å². The molecule has 1 aromatic carbocycles. The summed E-state index contributed by atoms with van der Waals surface area (Å²) in [5, 5.41) is 0.562. The van der Waals surface area contributed by atoms with E-state index in [0.717, 1.165) is 0 Å². The van der Waals surface area contributed by atoms with E-state index >= 15 is 0 Å². The standard InChI is InChI=1S/C10H9Cl2NO2/c11-3-4-13-6-15-9-5-7(12)1-2-8(9)10(13)14/h1-2,5H,3-4,6H2. The van der Waals surface area contributed by atoms with E-state index in [4.69, 9.17) is 27.9 Å². The van der Waals surface area contributed by atoms with Crippen molar-refractivity contribution in [2.45, 2.75) is 0 Å². The molecule has 1 heterocycles. The van der Waals surface area contributed by atoms with Crippen LogP contribution in [0.15, 0.2) is 18.2 Å². The summed E-state index contributed by atoms with van der Waals surface area (Å²) in [7, 11) is 0. The Bertz CT molecular complexity index is 395. The molecule has 0 spiro atoms. The number of hydrogen-bond donors (Lipinski definition) is 0. The average Bonchev–Trinajstić information content (AvgIpc) is 2.22. The number of benzene rings is 1. The predicted octanol–water partition coefficient (Wildman–Crippen LogP) is 2.37. The molecule has 1 aromatic rings. The minimum absolute atomic E-state index is 0.0615. The van der Waals surface area contributed by atoms with Gasteiger partial charge in [-0.05, 0) is 18.2 Å². The van der Waals surface area contributed by atoms with Gasteiger partial charge in [-0.3, -0.25) is 4.79 Å². The Morgan fingerprint density at radius 2 is 2.27 bits per heavy atom. The number of hydrogen-bond acceptors (Lipinski definition) is 2. The topological polar surface area (TPSA) is 29.5 Å². The lowest BCUT2D eigenvalue weighted by molar-refractivity contribution is 0.0540. The summed E-state index contributed by atoms with van der Waals surface area (Å²) in [5.74, 6) is 0.879. The molecule has 1 aliphatic rings. The molecule has 0 aromatic heterocycles. The first kappa shape index (κ1) is 10.6. The quantitative estimate of drug-likeness (QED) is 0.749. The maximum Gasteiger partial charge on any atom is 0.260 e. The Kier molecular flexibility index (Phi) is 3.03. The Morgan fingerprint density at radius 3 is 3.00 bits per heavy atom. The highest BCUT2D eigenvalue weighted by Gasteiger charge is 2.24. The maximum absolute atomic E-state index is 11.9. The van der Waals surface area contributed by atoms with Crippen molar-refractivity contribution in [1.29, 1.82) is 0 Å². The van der Waals surface area contributed by atoms with E-state index < -0.39 is 0 Å². The highest BCUT2D eigenvalue weighted by molar-refractivity contribution is 6.30. The summed E-state index contributed by atoms with van der Waals surface area (Å²) >= 11 is 11.4. The fourth-order valence-electron chi connectivity index (χ4n) is 1.44. The third-order valence-corrected chi connectivity index (χ3v) is 2.60. The van der Waals surface area contributed by atoms with E-state index in [9.17, 15) is 4.79 Å². The van der Waals surface area contributed by atoms with Crippen molar-refractivity contribution >= 4 is 29.1 Å². The summed E-state index contributed by atoms with van der Waals surface area (Å²) in [5.41, 5.74) is 0.538. The van der Waals surface area contributed by atoms with Gasteiger partial charge in [0.05, 0.1) is 5.56 Å². The average molecular weight is 246 g/mol. The summed E-state index contributed by atoms with van der Waals surface area (Å²) < 4.78 is 5.40. The van der Waals surface area contributed by atoms with E-state index in [2.05, 4.69) is 0 Å². The predicted molar refractivity (Wildman–Crippen MR) is 58.7 cm³/mol. The molecule has 0 N–H and O–H groups in total. The van der Waals surface area contributed by atoms with Crippen LogP contribution >= 0.6 is 23.2 Å². The van der Waals surface area contributed by atoms with Crippen molar-refractivity contribution in [1.82, 2.24) is 4.90 Å². The van der Waals surface area contributed by atoms with Gasteiger partial charge in [0.2, 0.25) is 0 Å². The van der Waals surface area contributed by atoms with Crippen LogP contribution in [0.5, 0.6) is 5.75 Å². The smallest absolute Gasteiger partial charge is 0.260 e. The van der Waals surface area contributed by atoms with Crippen LogP contribution in [0.25, 0.3) is 0 Å². The summed E-state index contributed by atoms with van der Waals surface area (Å²) in [4.78, 5) is 13.4. The fourth-order valence-corrected chi connectivity index (χ4v) is 1.80. The highest BCUT2D eigenvalue weighted by Crippen LogP contribution is 2.27. The molecule has 0 bridgehead atoms. The lowest BCUT2D eigenvalue weighted by atomic mass is 10.1. The lowest BCUT2D eigenvalue weighted by Crippen LogP contribution is -2.39. The normalized spacial score (nSPS) is 14.8. The van der Waals surface area contributed by atoms with Gasteiger partial charge >= 0.3 is 0 Å². The Balaban J connectivity index is 2.30. The second kappa shape index (κ2) is 4.29. The van der Waals surface area contributed by atoms with Crippen molar-refractivity contribution in [2.24, 2.45) is 0 Å². The minimum atomic E-state index is -0.0615. The maximum atomic E-state index is 11.9. The van der Waals surface area contributed by atoms with E-state index in [-0.39, 0.29) is 12.6 Å². The first-order valence-electron chi connectivity index (χ1n) is 4.50. The van der Waals surface area contributed by atoms with E-state index in [0.29, 0.717) is 28.8 Å². The van der Waals surface area contributed by atoms with Gasteiger partial charge in [0.1, 0.15) is 5.75 Å². The molecule has 0 fully saturated rings. The zero-order chi connectivity index (χ0) is 10.8. The number of alkyl halides is 1. The Morgan fingerprint density at radius 1 is 1.47 bits per heavy atom. The highest BCUT2D eigenvalue weighted by atomic mass is 35.5. The first-order valence-corrected chi connectivity index (χ1v) is 5.41. The van der Waals surface area contributed by atoms with Crippen LogP contribution in [0.1, 0.15) is 10.4 Å². The van der Waals surface area contributed by atoms with Gasteiger partial charge in [0, 0.05) is 17.4 Å². The van der Waals surface area contributed by atoms with Gasteiger partial charge < -0.3 is 9.64 Å². The molecule has 2 rings (SSSR count). The van der Waals surface area contributed by atoms with Crippen molar-refractivity contribution in [3.05, 3.63) is 28.8 Å². The Labute approximate surface area is 97.5 Å². The number of amides is 1. The molecule has 1 aliphatic heterocycles. The molecule has 0 aliphatic carbocycles. The van der Waals surface area contributed by atoms with Crippen LogP contribution in [0.2, 0.25) is 5.02 Å². The number of carbonyl (C=O) groups excluding carboxylic acids is 1. The molecular formula is C10H9Cl2NO2. The van der Waals surface area contributed by atoms with E-state index in [1.807, 2.05) is 0 Å². The number of halogens is 2. The monoisotopic (exact) mass is 245 g/mol. The molecule has 0 saturated carbocycles. The van der Waals surface area contributed by atoms with Crippen LogP contribution in [0.3, 0.4) is 0 Å². The van der Waals surface area contributed by atoms with Gasteiger partial charge in [-0.15, -0.1) is 11.6 Å². The third-order valence-electron chi connectivity index (χ3n) is 2.19. The molecule has 0 atom stereocenters. The molecule has 15 heavy (non-hydrogen) atoms. The number of rotatable bonds is 2. The molecule has 0 saturated heterocycles. The molecule has 0 unspecified atom stereocenters. The second-order valence-electron chi connectivity index (χ2n) is 3.17. The molecule has 1 amide bonds. The van der Waals surface area contributed by atoms with Crippen molar-refractivity contribution in [3.63, 3.8) is 0 Å². The third kappa shape index (κ3) is 2.03. The van der Waals surface area contributed by atoms with Gasteiger partial charge in [0.25, 0.3) is 5.91 Å².